The van der Waals surface area contributed by atoms with Gasteiger partial charge in [-0.3, -0.25) is 0 Å². The van der Waals surface area contributed by atoms with E-state index in [4.69, 9.17) is 0 Å². The van der Waals surface area contributed by atoms with Crippen molar-refractivity contribution in [2.45, 2.75) is 52.0 Å². The van der Waals surface area contributed by atoms with Gasteiger partial charge in [0.1, 0.15) is 17.5 Å². The predicted molar refractivity (Wildman–Crippen MR) is 78.5 cm³/mol. The van der Waals surface area contributed by atoms with Crippen LogP contribution in [0.2, 0.25) is 0 Å². The molecule has 0 heterocycles. The third kappa shape index (κ3) is 4.00. The van der Waals surface area contributed by atoms with E-state index in [2.05, 4.69) is 12.2 Å². The first-order chi connectivity index (χ1) is 10.0. The van der Waals surface area contributed by atoms with Crippen LogP contribution >= 0.6 is 0 Å². The molecule has 2 rings (SSSR count). The number of benzene rings is 1. The van der Waals surface area contributed by atoms with Crippen LogP contribution in [-0.4, -0.2) is 6.54 Å². The van der Waals surface area contributed by atoms with E-state index >= 15 is 0 Å². The molecule has 1 unspecified atom stereocenters. The number of nitrogens with one attached hydrogen (secondary N) is 1. The lowest BCUT2D eigenvalue weighted by Crippen LogP contribution is -2.32. The highest BCUT2D eigenvalue weighted by Gasteiger charge is 2.31. The zero-order valence-corrected chi connectivity index (χ0v) is 12.8. The van der Waals surface area contributed by atoms with E-state index in [-0.39, 0.29) is 17.5 Å². The minimum atomic E-state index is -0.861. The van der Waals surface area contributed by atoms with Crippen molar-refractivity contribution in [3.8, 4) is 0 Å². The summed E-state index contributed by atoms with van der Waals surface area (Å²) in [6.45, 7) is 4.93. The van der Waals surface area contributed by atoms with Crippen molar-refractivity contribution in [2.24, 2.45) is 11.8 Å². The van der Waals surface area contributed by atoms with Gasteiger partial charge in [-0.1, -0.05) is 26.7 Å². The summed E-state index contributed by atoms with van der Waals surface area (Å²) in [7, 11) is 0. The Labute approximate surface area is 124 Å². The first kappa shape index (κ1) is 16.3. The summed E-state index contributed by atoms with van der Waals surface area (Å²) in [4.78, 5) is 0. The summed E-state index contributed by atoms with van der Waals surface area (Å²) >= 11 is 0. The third-order valence-corrected chi connectivity index (χ3v) is 4.50. The zero-order valence-electron chi connectivity index (χ0n) is 12.8. The van der Waals surface area contributed by atoms with Gasteiger partial charge >= 0.3 is 0 Å². The molecule has 0 spiro atoms. The SMILES string of the molecule is CCCNC(c1c(F)cc(F)cc1F)C1CCC(C)CC1. The van der Waals surface area contributed by atoms with Crippen LogP contribution in [0, 0.1) is 29.3 Å². The Bertz CT molecular complexity index is 444. The normalized spacial score (nSPS) is 24.0. The van der Waals surface area contributed by atoms with Gasteiger partial charge < -0.3 is 5.32 Å². The molecule has 1 fully saturated rings. The molecule has 0 amide bonds. The van der Waals surface area contributed by atoms with Crippen molar-refractivity contribution < 1.29 is 13.2 Å². The second-order valence-electron chi connectivity index (χ2n) is 6.23. The lowest BCUT2D eigenvalue weighted by molar-refractivity contribution is 0.224. The van der Waals surface area contributed by atoms with Crippen LogP contribution in [0.3, 0.4) is 0 Å². The van der Waals surface area contributed by atoms with Crippen molar-refractivity contribution in [1.29, 1.82) is 0 Å². The molecule has 1 aromatic rings. The molecule has 1 saturated carbocycles. The number of rotatable bonds is 5. The molecule has 0 radical (unpaired) electrons. The molecule has 21 heavy (non-hydrogen) atoms. The Balaban J connectivity index is 2.27. The molecule has 1 N–H and O–H groups in total. The lowest BCUT2D eigenvalue weighted by atomic mass is 9.77. The van der Waals surface area contributed by atoms with Crippen molar-refractivity contribution in [2.75, 3.05) is 6.54 Å². The average molecular weight is 299 g/mol. The molecule has 1 aliphatic carbocycles. The average Bonchev–Trinajstić information content (AvgIpc) is 2.42. The fraction of sp³-hybridized carbons (Fsp3) is 0.647. The van der Waals surface area contributed by atoms with E-state index in [1.807, 2.05) is 6.92 Å². The maximum atomic E-state index is 14.1. The Kier molecular flexibility index (Phi) is 5.68. The molecule has 1 aromatic carbocycles. The zero-order chi connectivity index (χ0) is 15.4. The van der Waals surface area contributed by atoms with Gasteiger partial charge in [0.15, 0.2) is 0 Å². The summed E-state index contributed by atoms with van der Waals surface area (Å²) in [6.07, 6.45) is 4.97. The van der Waals surface area contributed by atoms with E-state index in [0.717, 1.165) is 44.2 Å². The van der Waals surface area contributed by atoms with Gasteiger partial charge in [-0.15, -0.1) is 0 Å². The maximum absolute atomic E-state index is 14.1. The van der Waals surface area contributed by atoms with Crippen LogP contribution in [0.25, 0.3) is 0 Å². The molecular weight excluding hydrogens is 275 g/mol. The summed E-state index contributed by atoms with van der Waals surface area (Å²) in [6, 6.07) is 1.20. The molecule has 0 aliphatic heterocycles. The molecule has 1 aliphatic rings. The van der Waals surface area contributed by atoms with Gasteiger partial charge in [-0.25, -0.2) is 13.2 Å². The molecule has 1 atom stereocenters. The van der Waals surface area contributed by atoms with Crippen molar-refractivity contribution in [3.63, 3.8) is 0 Å². The van der Waals surface area contributed by atoms with Gasteiger partial charge in [0.25, 0.3) is 0 Å². The Morgan fingerprint density at radius 3 is 2.19 bits per heavy atom. The molecule has 0 aromatic heterocycles. The minimum Gasteiger partial charge on any atom is -0.310 e. The van der Waals surface area contributed by atoms with Crippen LogP contribution in [-0.2, 0) is 0 Å². The molecule has 0 bridgehead atoms. The topological polar surface area (TPSA) is 12.0 Å². The van der Waals surface area contributed by atoms with Gasteiger partial charge in [-0.05, 0) is 37.6 Å². The first-order valence-corrected chi connectivity index (χ1v) is 7.90. The molecule has 0 saturated heterocycles. The minimum absolute atomic E-state index is 0.00408. The van der Waals surface area contributed by atoms with Crippen LogP contribution in [0.1, 0.15) is 57.6 Å². The highest BCUT2D eigenvalue weighted by Crippen LogP contribution is 2.38. The van der Waals surface area contributed by atoms with E-state index < -0.39 is 17.5 Å². The molecular formula is C17H24F3N. The van der Waals surface area contributed by atoms with Crippen LogP contribution < -0.4 is 5.32 Å². The summed E-state index contributed by atoms with van der Waals surface area (Å²) < 4.78 is 41.3. The highest BCUT2D eigenvalue weighted by molar-refractivity contribution is 5.25. The number of halogens is 3. The largest absolute Gasteiger partial charge is 0.310 e. The van der Waals surface area contributed by atoms with Gasteiger partial charge in [-0.2, -0.15) is 0 Å². The maximum Gasteiger partial charge on any atom is 0.133 e. The second-order valence-corrected chi connectivity index (χ2v) is 6.23. The van der Waals surface area contributed by atoms with E-state index in [0.29, 0.717) is 12.5 Å². The fourth-order valence-corrected chi connectivity index (χ4v) is 3.27. The van der Waals surface area contributed by atoms with Crippen molar-refractivity contribution >= 4 is 0 Å². The lowest BCUT2D eigenvalue weighted by Gasteiger charge is -2.34. The Morgan fingerprint density at radius 1 is 1.10 bits per heavy atom. The summed E-state index contributed by atoms with van der Waals surface area (Å²) in [5.41, 5.74) is 0.00408. The smallest absolute Gasteiger partial charge is 0.133 e. The summed E-state index contributed by atoms with van der Waals surface area (Å²) in [5, 5.41) is 3.27. The van der Waals surface area contributed by atoms with Gasteiger partial charge in [0.2, 0.25) is 0 Å². The Morgan fingerprint density at radius 2 is 1.67 bits per heavy atom. The fourth-order valence-electron chi connectivity index (χ4n) is 3.27. The van der Waals surface area contributed by atoms with Gasteiger partial charge in [0.05, 0.1) is 0 Å². The monoisotopic (exact) mass is 299 g/mol. The summed E-state index contributed by atoms with van der Waals surface area (Å²) in [5.74, 6) is -1.53. The van der Waals surface area contributed by atoms with Crippen LogP contribution in [0.4, 0.5) is 13.2 Å². The Hall–Kier alpha value is -1.03. The first-order valence-electron chi connectivity index (χ1n) is 7.90. The van der Waals surface area contributed by atoms with Crippen LogP contribution in [0.15, 0.2) is 12.1 Å². The van der Waals surface area contributed by atoms with Crippen molar-refractivity contribution in [1.82, 2.24) is 5.32 Å². The van der Waals surface area contributed by atoms with E-state index in [9.17, 15) is 13.2 Å². The third-order valence-electron chi connectivity index (χ3n) is 4.50. The van der Waals surface area contributed by atoms with E-state index in [1.54, 1.807) is 0 Å². The predicted octanol–water partition coefficient (Wildman–Crippen LogP) is 4.97. The standard InChI is InChI=1S/C17H24F3N/c1-3-8-21-17(12-6-4-11(2)5-7-12)16-14(19)9-13(18)10-15(16)20/h9-12,17,21H,3-8H2,1-2H3. The molecule has 4 heteroatoms. The second kappa shape index (κ2) is 7.30. The van der Waals surface area contributed by atoms with Crippen LogP contribution in [0.5, 0.6) is 0 Å². The molecule has 1 nitrogen and oxygen atoms in total. The molecule has 118 valence electrons. The quantitative estimate of drug-likeness (QED) is 0.809. The highest BCUT2D eigenvalue weighted by atomic mass is 19.1. The van der Waals surface area contributed by atoms with Crippen molar-refractivity contribution in [3.05, 3.63) is 35.1 Å². The number of hydrogen-bond acceptors (Lipinski definition) is 1. The number of hydrogen-bond donors (Lipinski definition) is 1. The van der Waals surface area contributed by atoms with Gasteiger partial charge in [0, 0.05) is 23.7 Å². The van der Waals surface area contributed by atoms with E-state index in [1.165, 1.54) is 0 Å².